The molecule has 244 valence electrons. The van der Waals surface area contributed by atoms with Crippen LogP contribution in [-0.4, -0.2) is 0 Å². The summed E-state index contributed by atoms with van der Waals surface area (Å²) in [6.45, 7) is 0. The van der Waals surface area contributed by atoms with Crippen LogP contribution in [-0.2, 0) is 0 Å². The lowest BCUT2D eigenvalue weighted by Gasteiger charge is -2.27. The number of hydrogen-bond acceptors (Lipinski definition) is 4. The number of para-hydroxylation sites is 2. The quantitative estimate of drug-likeness (QED) is 0.181. The summed E-state index contributed by atoms with van der Waals surface area (Å²) in [4.78, 5) is 2.37. The Morgan fingerprint density at radius 3 is 1.73 bits per heavy atom. The minimum absolute atomic E-state index is 0.863. The van der Waals surface area contributed by atoms with E-state index >= 15 is 0 Å². The van der Waals surface area contributed by atoms with E-state index in [0.29, 0.717) is 0 Å². The molecule has 0 aliphatic rings. The molecule has 4 heteroatoms. The fraction of sp³-hybridized carbons (Fsp3) is 0. The second kappa shape index (κ2) is 11.5. The van der Waals surface area contributed by atoms with Crippen molar-refractivity contribution in [3.8, 4) is 22.3 Å². The smallest absolute Gasteiger partial charge is 0.137 e. The van der Waals surface area contributed by atoms with E-state index in [1.165, 1.54) is 31.3 Å². The van der Waals surface area contributed by atoms with Crippen LogP contribution in [0, 0.1) is 0 Å². The summed E-state index contributed by atoms with van der Waals surface area (Å²) < 4.78 is 15.3. The van der Waals surface area contributed by atoms with E-state index in [2.05, 4.69) is 157 Å². The number of hydrogen-bond donors (Lipinski definition) is 0. The third-order valence-corrected chi connectivity index (χ3v) is 11.4. The first-order valence-electron chi connectivity index (χ1n) is 17.5. The van der Waals surface area contributed by atoms with Gasteiger partial charge in [-0.2, -0.15) is 0 Å². The van der Waals surface area contributed by atoms with Crippen molar-refractivity contribution in [2.45, 2.75) is 0 Å². The van der Waals surface area contributed by atoms with Crippen molar-refractivity contribution in [2.24, 2.45) is 0 Å². The van der Waals surface area contributed by atoms with Crippen LogP contribution in [0.1, 0.15) is 0 Å². The zero-order valence-corrected chi connectivity index (χ0v) is 28.7. The summed E-state index contributed by atoms with van der Waals surface area (Å²) in [6.07, 6.45) is 0. The van der Waals surface area contributed by atoms with Crippen molar-refractivity contribution in [3.05, 3.63) is 176 Å². The van der Waals surface area contributed by atoms with Crippen molar-refractivity contribution in [1.29, 1.82) is 0 Å². The highest BCUT2D eigenvalue weighted by Crippen LogP contribution is 2.46. The number of anilines is 3. The number of fused-ring (bicyclic) bond motifs is 9. The van der Waals surface area contributed by atoms with Crippen molar-refractivity contribution >= 4 is 92.4 Å². The van der Waals surface area contributed by atoms with Crippen LogP contribution < -0.4 is 4.90 Å². The van der Waals surface area contributed by atoms with Gasteiger partial charge >= 0.3 is 0 Å². The second-order valence-electron chi connectivity index (χ2n) is 13.2. The minimum Gasteiger partial charge on any atom is -0.456 e. The molecule has 0 amide bonds. The zero-order valence-electron chi connectivity index (χ0n) is 27.9. The molecule has 0 atom stereocenters. The first kappa shape index (κ1) is 29.1. The molecule has 0 saturated carbocycles. The number of thiophene rings is 1. The lowest BCUT2D eigenvalue weighted by atomic mass is 9.98. The van der Waals surface area contributed by atoms with Crippen LogP contribution >= 0.6 is 11.3 Å². The molecule has 3 aromatic heterocycles. The molecule has 3 heterocycles. The van der Waals surface area contributed by atoms with Gasteiger partial charge in [0.25, 0.3) is 0 Å². The second-order valence-corrected chi connectivity index (χ2v) is 14.3. The number of benzene rings is 8. The first-order chi connectivity index (χ1) is 25.8. The maximum Gasteiger partial charge on any atom is 0.137 e. The molecule has 0 aliphatic heterocycles. The summed E-state index contributed by atoms with van der Waals surface area (Å²) in [7, 11) is 0. The Kier molecular flexibility index (Phi) is 6.42. The van der Waals surface area contributed by atoms with Gasteiger partial charge in [0.15, 0.2) is 0 Å². The molecule has 0 bridgehead atoms. The monoisotopic (exact) mass is 683 g/mol. The third-order valence-electron chi connectivity index (χ3n) is 10.3. The Bertz CT molecular complexity index is 3150. The lowest BCUT2D eigenvalue weighted by molar-refractivity contribution is 0.668. The SMILES string of the molecule is c1cc(-c2cccc3oc4ccccc4c23)cc(N(c2ccc(-c3cccc4sc5ccccc5c34)cc2)c2cccc3oc4ccccc4c23)c1. The highest BCUT2D eigenvalue weighted by molar-refractivity contribution is 7.25. The van der Waals surface area contributed by atoms with Crippen LogP contribution in [0.3, 0.4) is 0 Å². The van der Waals surface area contributed by atoms with Gasteiger partial charge in [-0.1, -0.05) is 109 Å². The molecule has 0 aliphatic carbocycles. The molecule has 8 aromatic carbocycles. The van der Waals surface area contributed by atoms with Gasteiger partial charge in [-0.3, -0.25) is 0 Å². The highest BCUT2D eigenvalue weighted by Gasteiger charge is 2.21. The summed E-state index contributed by atoms with van der Waals surface area (Å²) >= 11 is 1.85. The minimum atomic E-state index is 0.863. The van der Waals surface area contributed by atoms with E-state index in [4.69, 9.17) is 8.83 Å². The molecule has 52 heavy (non-hydrogen) atoms. The predicted octanol–water partition coefficient (Wildman–Crippen LogP) is 14.7. The maximum atomic E-state index is 6.40. The Morgan fingerprint density at radius 1 is 0.365 bits per heavy atom. The topological polar surface area (TPSA) is 29.5 Å². The third kappa shape index (κ3) is 4.45. The number of furan rings is 2. The Morgan fingerprint density at radius 2 is 0.942 bits per heavy atom. The summed E-state index contributed by atoms with van der Waals surface area (Å²) in [5.74, 6) is 0. The molecule has 0 saturated heterocycles. The van der Waals surface area contributed by atoms with Crippen LogP contribution in [0.2, 0.25) is 0 Å². The molecule has 0 fully saturated rings. The molecule has 0 unspecified atom stereocenters. The maximum absolute atomic E-state index is 6.40. The molecule has 3 nitrogen and oxygen atoms in total. The standard InChI is InChI=1S/C48H29NO2S/c1-4-19-40-36(13-1)46-35(16-8-21-42(46)50-40)31-11-7-12-33(29-31)49(39-18-10-22-43-48(39)37-14-2-5-20-41(37)51-43)32-27-25-30(26-28-32)34-17-9-24-45-47(34)38-15-3-6-23-44(38)52-45/h1-29H. The van der Waals surface area contributed by atoms with Crippen molar-refractivity contribution in [3.63, 3.8) is 0 Å². The van der Waals surface area contributed by atoms with Gasteiger partial charge in [0, 0.05) is 47.7 Å². The van der Waals surface area contributed by atoms with Crippen molar-refractivity contribution in [2.75, 3.05) is 4.90 Å². The van der Waals surface area contributed by atoms with Crippen LogP contribution in [0.5, 0.6) is 0 Å². The van der Waals surface area contributed by atoms with Crippen LogP contribution in [0.25, 0.3) is 86.3 Å². The summed E-state index contributed by atoms with van der Waals surface area (Å²) in [5, 5.41) is 7.05. The van der Waals surface area contributed by atoms with Crippen LogP contribution in [0.4, 0.5) is 17.1 Å². The first-order valence-corrected chi connectivity index (χ1v) is 18.3. The van der Waals surface area contributed by atoms with E-state index in [1.807, 2.05) is 35.6 Å². The van der Waals surface area contributed by atoms with E-state index in [0.717, 1.165) is 72.1 Å². The summed E-state index contributed by atoms with van der Waals surface area (Å²) in [5.41, 5.74) is 11.4. The molecule has 0 radical (unpaired) electrons. The van der Waals surface area contributed by atoms with Gasteiger partial charge in [0.1, 0.15) is 22.3 Å². The highest BCUT2D eigenvalue weighted by atomic mass is 32.1. The molecule has 0 spiro atoms. The van der Waals surface area contributed by atoms with Gasteiger partial charge in [0.05, 0.1) is 11.1 Å². The fourth-order valence-corrected chi connectivity index (χ4v) is 9.13. The van der Waals surface area contributed by atoms with Crippen molar-refractivity contribution < 1.29 is 8.83 Å². The average Bonchev–Trinajstić information content (AvgIpc) is 3.90. The fourth-order valence-electron chi connectivity index (χ4n) is 8.00. The molecular weight excluding hydrogens is 655 g/mol. The largest absolute Gasteiger partial charge is 0.456 e. The molecule has 11 aromatic rings. The Balaban J connectivity index is 1.12. The van der Waals surface area contributed by atoms with Gasteiger partial charge in [-0.25, -0.2) is 0 Å². The summed E-state index contributed by atoms with van der Waals surface area (Å²) in [6, 6.07) is 62.5. The predicted molar refractivity (Wildman–Crippen MR) is 219 cm³/mol. The van der Waals surface area contributed by atoms with Gasteiger partial charge in [0.2, 0.25) is 0 Å². The van der Waals surface area contributed by atoms with Gasteiger partial charge in [-0.15, -0.1) is 11.3 Å². The number of nitrogens with zero attached hydrogens (tertiary/aromatic N) is 1. The zero-order chi connectivity index (χ0) is 34.2. The van der Waals surface area contributed by atoms with Crippen LogP contribution in [0.15, 0.2) is 185 Å². The van der Waals surface area contributed by atoms with E-state index in [9.17, 15) is 0 Å². The lowest BCUT2D eigenvalue weighted by Crippen LogP contribution is -2.10. The van der Waals surface area contributed by atoms with E-state index in [1.54, 1.807) is 0 Å². The molecule has 0 N–H and O–H groups in total. The number of rotatable bonds is 5. The normalized spacial score (nSPS) is 11.8. The Labute approximate surface area is 303 Å². The average molecular weight is 684 g/mol. The van der Waals surface area contributed by atoms with Gasteiger partial charge < -0.3 is 13.7 Å². The molecular formula is C48H29NO2S. The van der Waals surface area contributed by atoms with Gasteiger partial charge in [-0.05, 0) is 89.0 Å². The van der Waals surface area contributed by atoms with Crippen molar-refractivity contribution in [1.82, 2.24) is 0 Å². The molecule has 11 rings (SSSR count). The Hall–Kier alpha value is -6.62. The van der Waals surface area contributed by atoms with E-state index < -0.39 is 0 Å². The van der Waals surface area contributed by atoms with E-state index in [-0.39, 0.29) is 0 Å².